The second kappa shape index (κ2) is 7.09. The van der Waals surface area contributed by atoms with E-state index in [1.807, 2.05) is 7.05 Å². The summed E-state index contributed by atoms with van der Waals surface area (Å²) >= 11 is 6.36. The highest BCUT2D eigenvalue weighted by Crippen LogP contribution is 2.20. The van der Waals surface area contributed by atoms with E-state index in [0.717, 1.165) is 49.0 Å². The van der Waals surface area contributed by atoms with E-state index in [9.17, 15) is 0 Å². The molecule has 2 atom stereocenters. The van der Waals surface area contributed by atoms with Crippen molar-refractivity contribution in [3.63, 3.8) is 0 Å². The molecule has 1 saturated heterocycles. The van der Waals surface area contributed by atoms with Crippen molar-refractivity contribution in [2.45, 2.75) is 38.9 Å². The highest BCUT2D eigenvalue weighted by molar-refractivity contribution is 6.30. The number of halogens is 1. The lowest BCUT2D eigenvalue weighted by atomic mass is 10.1. The van der Waals surface area contributed by atoms with Crippen LogP contribution in [0.5, 0.6) is 0 Å². The second-order valence-corrected chi connectivity index (χ2v) is 6.53. The third-order valence-corrected chi connectivity index (χ3v) is 5.04. The summed E-state index contributed by atoms with van der Waals surface area (Å²) in [4.78, 5) is 4.85. The molecule has 1 N–H and O–H groups in total. The molecular formula is C15H28ClN5. The molecule has 1 aromatic rings. The smallest absolute Gasteiger partial charge is 0.131 e. The van der Waals surface area contributed by atoms with Crippen molar-refractivity contribution in [2.75, 3.05) is 33.7 Å². The fourth-order valence-corrected chi connectivity index (χ4v) is 3.26. The highest BCUT2D eigenvalue weighted by Gasteiger charge is 2.27. The van der Waals surface area contributed by atoms with Gasteiger partial charge in [0.05, 0.1) is 5.69 Å². The lowest BCUT2D eigenvalue weighted by Gasteiger charge is -2.41. The molecule has 21 heavy (non-hydrogen) atoms. The van der Waals surface area contributed by atoms with Crippen LogP contribution < -0.4 is 5.32 Å². The number of aromatic nitrogens is 2. The number of aryl methyl sites for hydroxylation is 2. The summed E-state index contributed by atoms with van der Waals surface area (Å²) < 4.78 is 1.77. The van der Waals surface area contributed by atoms with Crippen molar-refractivity contribution in [3.8, 4) is 0 Å². The Labute approximate surface area is 133 Å². The van der Waals surface area contributed by atoms with Crippen molar-refractivity contribution >= 4 is 11.6 Å². The Morgan fingerprint density at radius 3 is 2.71 bits per heavy atom. The second-order valence-electron chi connectivity index (χ2n) is 6.17. The van der Waals surface area contributed by atoms with E-state index in [1.165, 1.54) is 0 Å². The van der Waals surface area contributed by atoms with Crippen LogP contribution in [0.4, 0.5) is 0 Å². The maximum Gasteiger partial charge on any atom is 0.131 e. The summed E-state index contributed by atoms with van der Waals surface area (Å²) in [5, 5.41) is 8.87. The third-order valence-electron chi connectivity index (χ3n) is 4.56. The Morgan fingerprint density at radius 2 is 2.05 bits per heavy atom. The van der Waals surface area contributed by atoms with Crippen molar-refractivity contribution < 1.29 is 0 Å². The van der Waals surface area contributed by atoms with Gasteiger partial charge in [-0.3, -0.25) is 9.58 Å². The fourth-order valence-electron chi connectivity index (χ4n) is 3.04. The SMILES string of the molecule is CCc1nn(C)c(Cl)c1CNC(C)C1CN(C)CCN1C. The average Bonchev–Trinajstić information content (AvgIpc) is 2.74. The number of hydrogen-bond donors (Lipinski definition) is 1. The predicted octanol–water partition coefficient (Wildman–Crippen LogP) is 1.36. The maximum atomic E-state index is 6.36. The summed E-state index contributed by atoms with van der Waals surface area (Å²) in [7, 11) is 6.31. The average molecular weight is 314 g/mol. The molecule has 2 unspecified atom stereocenters. The minimum atomic E-state index is 0.415. The molecule has 0 amide bonds. The van der Waals surface area contributed by atoms with E-state index in [-0.39, 0.29) is 0 Å². The summed E-state index contributed by atoms with van der Waals surface area (Å²) in [6.07, 6.45) is 0.915. The first-order valence-corrected chi connectivity index (χ1v) is 8.14. The van der Waals surface area contributed by atoms with E-state index in [4.69, 9.17) is 11.6 Å². The van der Waals surface area contributed by atoms with Crippen LogP contribution in [0.1, 0.15) is 25.1 Å². The van der Waals surface area contributed by atoms with Gasteiger partial charge in [0.2, 0.25) is 0 Å². The molecular weight excluding hydrogens is 286 g/mol. The molecule has 1 aliphatic heterocycles. The predicted molar refractivity (Wildman–Crippen MR) is 87.8 cm³/mol. The standard InChI is InChI=1S/C15H28ClN5/c1-6-13-12(15(16)21(5)18-13)9-17-11(2)14-10-19(3)7-8-20(14)4/h11,14,17H,6-10H2,1-5H3. The number of piperazine rings is 1. The van der Waals surface area contributed by atoms with Crippen LogP contribution >= 0.6 is 11.6 Å². The number of likely N-dealkylation sites (N-methyl/N-ethyl adjacent to an activating group) is 2. The Bertz CT molecular complexity index is 473. The number of nitrogens with zero attached hydrogens (tertiary/aromatic N) is 4. The van der Waals surface area contributed by atoms with E-state index < -0.39 is 0 Å². The van der Waals surface area contributed by atoms with Crippen LogP contribution in [0, 0.1) is 0 Å². The van der Waals surface area contributed by atoms with Crippen LogP contribution in [0.25, 0.3) is 0 Å². The molecule has 0 aromatic carbocycles. The number of rotatable bonds is 5. The third kappa shape index (κ3) is 3.77. The summed E-state index contributed by atoms with van der Waals surface area (Å²) in [6, 6.07) is 0.947. The zero-order chi connectivity index (χ0) is 15.6. The minimum Gasteiger partial charge on any atom is -0.308 e. The molecule has 0 saturated carbocycles. The highest BCUT2D eigenvalue weighted by atomic mass is 35.5. The van der Waals surface area contributed by atoms with Gasteiger partial charge in [0, 0.05) is 50.9 Å². The lowest BCUT2D eigenvalue weighted by Crippen LogP contribution is -2.57. The molecule has 2 rings (SSSR count). The Kier molecular flexibility index (Phi) is 5.66. The molecule has 5 nitrogen and oxygen atoms in total. The van der Waals surface area contributed by atoms with Gasteiger partial charge in [0.15, 0.2) is 0 Å². The van der Waals surface area contributed by atoms with Gasteiger partial charge in [-0.05, 0) is 27.4 Å². The van der Waals surface area contributed by atoms with E-state index in [1.54, 1.807) is 4.68 Å². The van der Waals surface area contributed by atoms with Gasteiger partial charge in [0.25, 0.3) is 0 Å². The number of nitrogens with one attached hydrogen (secondary N) is 1. The topological polar surface area (TPSA) is 36.3 Å². The first-order chi connectivity index (χ1) is 9.93. The molecule has 0 radical (unpaired) electrons. The molecule has 0 spiro atoms. The number of hydrogen-bond acceptors (Lipinski definition) is 4. The molecule has 0 bridgehead atoms. The monoisotopic (exact) mass is 313 g/mol. The molecule has 0 aliphatic carbocycles. The van der Waals surface area contributed by atoms with Gasteiger partial charge in [-0.15, -0.1) is 0 Å². The Morgan fingerprint density at radius 1 is 1.33 bits per heavy atom. The van der Waals surface area contributed by atoms with E-state index in [0.29, 0.717) is 12.1 Å². The van der Waals surface area contributed by atoms with E-state index >= 15 is 0 Å². The van der Waals surface area contributed by atoms with Crippen LogP contribution in [0.2, 0.25) is 5.15 Å². The first kappa shape index (κ1) is 16.7. The zero-order valence-electron chi connectivity index (χ0n) is 13.9. The van der Waals surface area contributed by atoms with Crippen LogP contribution in [-0.2, 0) is 20.0 Å². The fraction of sp³-hybridized carbons (Fsp3) is 0.800. The van der Waals surface area contributed by atoms with Crippen molar-refractivity contribution in [1.29, 1.82) is 0 Å². The summed E-state index contributed by atoms with van der Waals surface area (Å²) in [5.74, 6) is 0. The molecule has 1 aromatic heterocycles. The quantitative estimate of drug-likeness (QED) is 0.890. The molecule has 1 fully saturated rings. The molecule has 2 heterocycles. The van der Waals surface area contributed by atoms with Gasteiger partial charge >= 0.3 is 0 Å². The Hall–Kier alpha value is -0.620. The van der Waals surface area contributed by atoms with Gasteiger partial charge < -0.3 is 10.2 Å². The van der Waals surface area contributed by atoms with Gasteiger partial charge in [-0.25, -0.2) is 0 Å². The molecule has 6 heteroatoms. The first-order valence-electron chi connectivity index (χ1n) is 7.76. The maximum absolute atomic E-state index is 6.36. The van der Waals surface area contributed by atoms with Crippen LogP contribution in [-0.4, -0.2) is 65.4 Å². The largest absolute Gasteiger partial charge is 0.308 e. The summed E-state index contributed by atoms with van der Waals surface area (Å²) in [5.41, 5.74) is 2.23. The van der Waals surface area contributed by atoms with Gasteiger partial charge in [-0.1, -0.05) is 18.5 Å². The molecule has 1 aliphatic rings. The normalized spacial score (nSPS) is 22.7. The van der Waals surface area contributed by atoms with Crippen LogP contribution in [0.3, 0.4) is 0 Å². The van der Waals surface area contributed by atoms with Crippen molar-refractivity contribution in [1.82, 2.24) is 24.9 Å². The van der Waals surface area contributed by atoms with Crippen molar-refractivity contribution in [2.24, 2.45) is 7.05 Å². The zero-order valence-corrected chi connectivity index (χ0v) is 14.6. The van der Waals surface area contributed by atoms with Crippen molar-refractivity contribution in [3.05, 3.63) is 16.4 Å². The summed E-state index contributed by atoms with van der Waals surface area (Å²) in [6.45, 7) is 8.54. The van der Waals surface area contributed by atoms with E-state index in [2.05, 4.69) is 48.2 Å². The Balaban J connectivity index is 1.99. The van der Waals surface area contributed by atoms with Crippen LogP contribution in [0.15, 0.2) is 0 Å². The minimum absolute atomic E-state index is 0.415. The lowest BCUT2D eigenvalue weighted by molar-refractivity contribution is 0.0916. The molecule has 120 valence electrons. The van der Waals surface area contributed by atoms with Gasteiger partial charge in [0.1, 0.15) is 5.15 Å². The van der Waals surface area contributed by atoms with Gasteiger partial charge in [-0.2, -0.15) is 5.10 Å².